The highest BCUT2D eigenvalue weighted by Gasteiger charge is 2.35. The first-order valence-corrected chi connectivity index (χ1v) is 11.6. The SMILES string of the molecule is COc1ccccc1N1C(=O)C(=Cc2cc(Br)ccc2OCc2ccc(F)cc2)SC1=S. The molecule has 0 N–H and O–H groups in total. The molecule has 4 nitrogen and oxygen atoms in total. The average molecular weight is 530 g/mol. The number of carbonyl (C=O) groups excluding carboxylic acids is 1. The van der Waals surface area contributed by atoms with Crippen molar-refractivity contribution in [2.45, 2.75) is 6.61 Å². The van der Waals surface area contributed by atoms with Crippen LogP contribution in [0.3, 0.4) is 0 Å². The predicted molar refractivity (Wildman–Crippen MR) is 134 cm³/mol. The summed E-state index contributed by atoms with van der Waals surface area (Å²) in [6, 6.07) is 18.9. The molecule has 0 radical (unpaired) electrons. The summed E-state index contributed by atoms with van der Waals surface area (Å²) in [4.78, 5) is 15.2. The molecule has 1 amide bonds. The van der Waals surface area contributed by atoms with Crippen molar-refractivity contribution >= 4 is 61.9 Å². The Balaban J connectivity index is 1.62. The van der Waals surface area contributed by atoms with E-state index in [-0.39, 0.29) is 18.3 Å². The standard InChI is InChI=1S/C24H17BrFNO3S2/c1-29-21-5-3-2-4-19(21)27-23(28)22(32-24(27)31)13-16-12-17(25)8-11-20(16)30-14-15-6-9-18(26)10-7-15/h2-13H,14H2,1H3. The Morgan fingerprint density at radius 2 is 1.84 bits per heavy atom. The third kappa shape index (κ3) is 4.87. The molecule has 0 spiro atoms. The van der Waals surface area contributed by atoms with Crippen LogP contribution < -0.4 is 14.4 Å². The number of carbonyl (C=O) groups is 1. The van der Waals surface area contributed by atoms with Crippen LogP contribution in [0.25, 0.3) is 6.08 Å². The van der Waals surface area contributed by atoms with Gasteiger partial charge in [0.25, 0.3) is 5.91 Å². The van der Waals surface area contributed by atoms with Crippen molar-refractivity contribution in [2.75, 3.05) is 12.0 Å². The maximum absolute atomic E-state index is 13.2. The van der Waals surface area contributed by atoms with E-state index in [4.69, 9.17) is 21.7 Å². The monoisotopic (exact) mass is 529 g/mol. The van der Waals surface area contributed by atoms with E-state index in [1.807, 2.05) is 30.3 Å². The quantitative estimate of drug-likeness (QED) is 0.266. The van der Waals surface area contributed by atoms with Crippen LogP contribution >= 0.6 is 39.9 Å². The zero-order valence-electron chi connectivity index (χ0n) is 16.9. The van der Waals surface area contributed by atoms with E-state index in [2.05, 4.69) is 15.9 Å². The molecule has 1 fully saturated rings. The number of rotatable bonds is 6. The first-order valence-electron chi connectivity index (χ1n) is 9.54. The van der Waals surface area contributed by atoms with Gasteiger partial charge in [0.1, 0.15) is 23.9 Å². The van der Waals surface area contributed by atoms with Crippen molar-refractivity contribution in [1.29, 1.82) is 0 Å². The minimum atomic E-state index is -0.296. The highest BCUT2D eigenvalue weighted by atomic mass is 79.9. The Labute approximate surface area is 203 Å². The largest absolute Gasteiger partial charge is 0.495 e. The molecule has 1 saturated heterocycles. The molecule has 1 heterocycles. The summed E-state index contributed by atoms with van der Waals surface area (Å²) in [7, 11) is 1.55. The second kappa shape index (κ2) is 9.85. The number of para-hydroxylation sites is 2. The topological polar surface area (TPSA) is 38.8 Å². The van der Waals surface area contributed by atoms with E-state index in [0.717, 1.165) is 15.6 Å². The number of thiocarbonyl (C=S) groups is 1. The smallest absolute Gasteiger partial charge is 0.270 e. The third-order valence-corrected chi connectivity index (χ3v) is 6.48. The summed E-state index contributed by atoms with van der Waals surface area (Å²) >= 11 is 10.2. The van der Waals surface area contributed by atoms with E-state index < -0.39 is 0 Å². The van der Waals surface area contributed by atoms with Gasteiger partial charge in [-0.2, -0.15) is 0 Å². The number of hydrogen-bond donors (Lipinski definition) is 0. The van der Waals surface area contributed by atoms with Crippen molar-refractivity contribution in [3.05, 3.63) is 93.1 Å². The lowest BCUT2D eigenvalue weighted by Gasteiger charge is -2.17. The van der Waals surface area contributed by atoms with Gasteiger partial charge in [-0.05, 0) is 54.1 Å². The minimum absolute atomic E-state index is 0.228. The lowest BCUT2D eigenvalue weighted by molar-refractivity contribution is -0.113. The van der Waals surface area contributed by atoms with Gasteiger partial charge in [-0.25, -0.2) is 4.39 Å². The van der Waals surface area contributed by atoms with Crippen molar-refractivity contribution in [3.63, 3.8) is 0 Å². The molecule has 32 heavy (non-hydrogen) atoms. The van der Waals surface area contributed by atoms with Gasteiger partial charge < -0.3 is 9.47 Å². The molecule has 3 aromatic rings. The number of nitrogens with zero attached hydrogens (tertiary/aromatic N) is 1. The van der Waals surface area contributed by atoms with E-state index >= 15 is 0 Å². The maximum atomic E-state index is 13.2. The van der Waals surface area contributed by atoms with E-state index in [9.17, 15) is 9.18 Å². The summed E-state index contributed by atoms with van der Waals surface area (Å²) in [5.41, 5.74) is 2.16. The summed E-state index contributed by atoms with van der Waals surface area (Å²) in [5.74, 6) is 0.639. The number of hydrogen-bond acceptors (Lipinski definition) is 5. The van der Waals surface area contributed by atoms with Gasteiger partial charge in [0.2, 0.25) is 0 Å². The molecule has 0 atom stereocenters. The van der Waals surface area contributed by atoms with Crippen LogP contribution in [0.2, 0.25) is 0 Å². The maximum Gasteiger partial charge on any atom is 0.270 e. The molecule has 0 unspecified atom stereocenters. The highest BCUT2D eigenvalue weighted by molar-refractivity contribution is 9.10. The molecule has 4 rings (SSSR count). The van der Waals surface area contributed by atoms with Crippen LogP contribution in [-0.4, -0.2) is 17.3 Å². The van der Waals surface area contributed by atoms with Gasteiger partial charge in [-0.1, -0.05) is 64.2 Å². The molecule has 3 aromatic carbocycles. The third-order valence-electron chi connectivity index (χ3n) is 4.69. The fraction of sp³-hybridized carbons (Fsp3) is 0.0833. The predicted octanol–water partition coefficient (Wildman–Crippen LogP) is 6.58. The van der Waals surface area contributed by atoms with Gasteiger partial charge in [0.05, 0.1) is 17.7 Å². The summed E-state index contributed by atoms with van der Waals surface area (Å²) in [5, 5.41) is 0. The summed E-state index contributed by atoms with van der Waals surface area (Å²) in [6.45, 7) is 0.269. The van der Waals surface area contributed by atoms with Crippen molar-refractivity contribution in [2.24, 2.45) is 0 Å². The fourth-order valence-corrected chi connectivity index (χ4v) is 4.79. The van der Waals surface area contributed by atoms with E-state index in [1.165, 1.54) is 28.8 Å². The number of methoxy groups -OCH3 is 1. The van der Waals surface area contributed by atoms with Crippen molar-refractivity contribution in [3.8, 4) is 11.5 Å². The Morgan fingerprint density at radius 3 is 2.59 bits per heavy atom. The summed E-state index contributed by atoms with van der Waals surface area (Å²) in [6.07, 6.45) is 1.76. The van der Waals surface area contributed by atoms with Crippen LogP contribution in [0.5, 0.6) is 11.5 Å². The molecule has 0 saturated carbocycles. The molecule has 1 aliphatic heterocycles. The van der Waals surface area contributed by atoms with E-state index in [0.29, 0.717) is 26.4 Å². The van der Waals surface area contributed by atoms with Crippen LogP contribution in [0.1, 0.15) is 11.1 Å². The lowest BCUT2D eigenvalue weighted by atomic mass is 10.1. The molecule has 0 aromatic heterocycles. The Bertz CT molecular complexity index is 1210. The highest BCUT2D eigenvalue weighted by Crippen LogP contribution is 2.40. The minimum Gasteiger partial charge on any atom is -0.495 e. The van der Waals surface area contributed by atoms with Gasteiger partial charge in [-0.3, -0.25) is 9.69 Å². The Morgan fingerprint density at radius 1 is 1.09 bits per heavy atom. The zero-order valence-corrected chi connectivity index (χ0v) is 20.1. The number of benzene rings is 3. The average Bonchev–Trinajstić information content (AvgIpc) is 3.07. The van der Waals surface area contributed by atoms with Gasteiger partial charge in [0.15, 0.2) is 4.32 Å². The van der Waals surface area contributed by atoms with E-state index in [1.54, 1.807) is 37.5 Å². The zero-order chi connectivity index (χ0) is 22.7. The van der Waals surface area contributed by atoms with Gasteiger partial charge in [0, 0.05) is 10.0 Å². The Hall–Kier alpha value is -2.68. The molecular formula is C24H17BrFNO3S2. The first kappa shape index (κ1) is 22.5. The molecule has 0 bridgehead atoms. The first-order chi connectivity index (χ1) is 15.5. The number of ether oxygens (including phenoxy) is 2. The molecule has 162 valence electrons. The van der Waals surface area contributed by atoms with Crippen LogP contribution in [0.15, 0.2) is 76.1 Å². The van der Waals surface area contributed by atoms with Gasteiger partial charge >= 0.3 is 0 Å². The Kier molecular flexibility index (Phi) is 6.93. The van der Waals surface area contributed by atoms with Crippen LogP contribution in [0, 0.1) is 5.82 Å². The molecule has 1 aliphatic rings. The molecule has 0 aliphatic carbocycles. The van der Waals surface area contributed by atoms with Crippen LogP contribution in [0.4, 0.5) is 10.1 Å². The number of anilines is 1. The second-order valence-corrected chi connectivity index (χ2v) is 9.38. The molecule has 8 heteroatoms. The van der Waals surface area contributed by atoms with Crippen molar-refractivity contribution < 1.29 is 18.7 Å². The number of amides is 1. The normalized spacial score (nSPS) is 14.8. The second-order valence-electron chi connectivity index (χ2n) is 6.79. The molecular weight excluding hydrogens is 513 g/mol. The van der Waals surface area contributed by atoms with Crippen LogP contribution in [-0.2, 0) is 11.4 Å². The lowest BCUT2D eigenvalue weighted by Crippen LogP contribution is -2.27. The number of halogens is 2. The fourth-order valence-electron chi connectivity index (χ4n) is 3.14. The number of thioether (sulfide) groups is 1. The summed E-state index contributed by atoms with van der Waals surface area (Å²) < 4.78 is 25.8. The van der Waals surface area contributed by atoms with Gasteiger partial charge in [-0.15, -0.1) is 0 Å². The van der Waals surface area contributed by atoms with Crippen molar-refractivity contribution in [1.82, 2.24) is 0 Å².